The summed E-state index contributed by atoms with van der Waals surface area (Å²) < 4.78 is 5.45. The van der Waals surface area contributed by atoms with E-state index in [1.165, 1.54) is 0 Å². The summed E-state index contributed by atoms with van der Waals surface area (Å²) in [6.45, 7) is 12.0. The van der Waals surface area contributed by atoms with Crippen LogP contribution >= 0.6 is 0 Å². The van der Waals surface area contributed by atoms with Crippen LogP contribution in [0.2, 0.25) is 0 Å². The molecule has 0 radical (unpaired) electrons. The molecule has 4 amide bonds. The summed E-state index contributed by atoms with van der Waals surface area (Å²) in [5.74, 6) is -0.415. The van der Waals surface area contributed by atoms with Crippen molar-refractivity contribution < 1.29 is 19.1 Å². The fourth-order valence-corrected chi connectivity index (χ4v) is 4.47. The van der Waals surface area contributed by atoms with Gasteiger partial charge in [0, 0.05) is 51.5 Å². The van der Waals surface area contributed by atoms with Crippen molar-refractivity contribution in [2.24, 2.45) is 0 Å². The van der Waals surface area contributed by atoms with Gasteiger partial charge < -0.3 is 20.3 Å². The summed E-state index contributed by atoms with van der Waals surface area (Å²) in [6, 6.07) is 6.91. The summed E-state index contributed by atoms with van der Waals surface area (Å²) in [4.78, 5) is 44.2. The van der Waals surface area contributed by atoms with Crippen LogP contribution in [0, 0.1) is 6.92 Å². The van der Waals surface area contributed by atoms with E-state index in [0.29, 0.717) is 57.1 Å². The van der Waals surface area contributed by atoms with E-state index in [4.69, 9.17) is 4.74 Å². The number of rotatable bonds is 8. The van der Waals surface area contributed by atoms with Gasteiger partial charge in [0.25, 0.3) is 0 Å². The van der Waals surface area contributed by atoms with Crippen LogP contribution in [-0.2, 0) is 9.53 Å². The molecule has 2 aliphatic rings. The summed E-state index contributed by atoms with van der Waals surface area (Å²) in [7, 11) is 0. The molecule has 2 aliphatic heterocycles. The smallest absolute Gasteiger partial charge is 0.338 e. The zero-order chi connectivity index (χ0) is 24.7. The van der Waals surface area contributed by atoms with Crippen molar-refractivity contribution in [3.8, 4) is 0 Å². The Morgan fingerprint density at radius 1 is 1.12 bits per heavy atom. The van der Waals surface area contributed by atoms with Gasteiger partial charge >= 0.3 is 18.0 Å². The number of amides is 4. The third kappa shape index (κ3) is 5.70. The van der Waals surface area contributed by atoms with E-state index in [-0.39, 0.29) is 18.7 Å². The Balaban J connectivity index is 1.90. The van der Waals surface area contributed by atoms with Gasteiger partial charge in [-0.3, -0.25) is 9.80 Å². The molecule has 1 saturated heterocycles. The lowest BCUT2D eigenvalue weighted by Gasteiger charge is -2.40. The predicted molar refractivity (Wildman–Crippen MR) is 130 cm³/mol. The molecule has 186 valence electrons. The standard InChI is InChI=1S/C25H37N5O4/c1-5-12-26-24(32)29-15-13-28(14-16-29)17-20-21(23(31)34-7-3)22(27-25(33)30(20)6-2)19-11-9-8-10-18(19)4/h8-11,22H,5-7,12-17H2,1-4H3,(H,26,32)(H,27,33)/t22-/m0/s1. The highest BCUT2D eigenvalue weighted by Crippen LogP contribution is 2.33. The average molecular weight is 472 g/mol. The number of hydrogen-bond acceptors (Lipinski definition) is 5. The van der Waals surface area contributed by atoms with Crippen LogP contribution in [0.4, 0.5) is 9.59 Å². The first-order chi connectivity index (χ1) is 16.4. The molecule has 0 aromatic heterocycles. The third-order valence-electron chi connectivity index (χ3n) is 6.31. The lowest BCUT2D eigenvalue weighted by atomic mass is 9.91. The maximum atomic E-state index is 13.2. The third-order valence-corrected chi connectivity index (χ3v) is 6.31. The van der Waals surface area contributed by atoms with Crippen LogP contribution in [-0.4, -0.2) is 85.2 Å². The van der Waals surface area contributed by atoms with E-state index in [2.05, 4.69) is 15.5 Å². The first-order valence-electron chi connectivity index (χ1n) is 12.2. The van der Waals surface area contributed by atoms with Gasteiger partial charge in [0.05, 0.1) is 18.2 Å². The van der Waals surface area contributed by atoms with E-state index in [0.717, 1.165) is 17.5 Å². The number of benzene rings is 1. The molecule has 0 spiro atoms. The van der Waals surface area contributed by atoms with Gasteiger partial charge in [0.15, 0.2) is 0 Å². The monoisotopic (exact) mass is 471 g/mol. The minimum absolute atomic E-state index is 0.0419. The van der Waals surface area contributed by atoms with Crippen LogP contribution in [0.25, 0.3) is 0 Å². The first-order valence-corrected chi connectivity index (χ1v) is 12.2. The molecule has 0 saturated carbocycles. The van der Waals surface area contributed by atoms with E-state index >= 15 is 0 Å². The van der Waals surface area contributed by atoms with Gasteiger partial charge in [-0.2, -0.15) is 0 Å². The van der Waals surface area contributed by atoms with Gasteiger partial charge in [-0.15, -0.1) is 0 Å². The molecule has 9 nitrogen and oxygen atoms in total. The second-order valence-corrected chi connectivity index (χ2v) is 8.56. The molecule has 34 heavy (non-hydrogen) atoms. The van der Waals surface area contributed by atoms with E-state index in [1.54, 1.807) is 11.8 Å². The van der Waals surface area contributed by atoms with Gasteiger partial charge in [-0.25, -0.2) is 14.4 Å². The molecule has 2 heterocycles. The lowest BCUT2D eigenvalue weighted by molar-refractivity contribution is -0.139. The number of nitrogens with one attached hydrogen (secondary N) is 2. The largest absolute Gasteiger partial charge is 0.463 e. The number of ether oxygens (including phenoxy) is 1. The van der Waals surface area contributed by atoms with Gasteiger partial charge in [0.2, 0.25) is 0 Å². The molecule has 0 aliphatic carbocycles. The van der Waals surface area contributed by atoms with E-state index < -0.39 is 12.0 Å². The number of nitrogens with zero attached hydrogens (tertiary/aromatic N) is 3. The highest BCUT2D eigenvalue weighted by Gasteiger charge is 2.39. The molecule has 1 atom stereocenters. The maximum Gasteiger partial charge on any atom is 0.338 e. The molecule has 0 bridgehead atoms. The summed E-state index contributed by atoms with van der Waals surface area (Å²) in [6.07, 6.45) is 0.896. The Labute approximate surface area is 202 Å². The van der Waals surface area contributed by atoms with E-state index in [1.807, 2.05) is 49.9 Å². The number of carbonyl (C=O) groups excluding carboxylic acids is 3. The predicted octanol–water partition coefficient (Wildman–Crippen LogP) is 2.64. The van der Waals surface area contributed by atoms with Gasteiger partial charge in [-0.05, 0) is 38.3 Å². The van der Waals surface area contributed by atoms with Crippen molar-refractivity contribution >= 4 is 18.0 Å². The van der Waals surface area contributed by atoms with Crippen LogP contribution in [0.3, 0.4) is 0 Å². The quantitative estimate of drug-likeness (QED) is 0.569. The molecule has 3 rings (SSSR count). The fraction of sp³-hybridized carbons (Fsp3) is 0.560. The van der Waals surface area contributed by atoms with Crippen LogP contribution in [0.5, 0.6) is 0 Å². The highest BCUT2D eigenvalue weighted by molar-refractivity contribution is 5.95. The molecule has 2 N–H and O–H groups in total. The Morgan fingerprint density at radius 3 is 2.44 bits per heavy atom. The number of hydrogen-bond donors (Lipinski definition) is 2. The zero-order valence-corrected chi connectivity index (χ0v) is 20.7. The molecular formula is C25H37N5O4. The Bertz CT molecular complexity index is 924. The maximum absolute atomic E-state index is 13.2. The molecule has 1 aromatic carbocycles. The van der Waals surface area contributed by atoms with Crippen molar-refractivity contribution in [2.75, 3.05) is 52.4 Å². The molecule has 1 aromatic rings. The molecule has 0 unspecified atom stereocenters. The van der Waals surface area contributed by atoms with Crippen molar-refractivity contribution in [1.82, 2.24) is 25.3 Å². The Morgan fingerprint density at radius 2 is 1.82 bits per heavy atom. The van der Waals surface area contributed by atoms with Crippen LogP contribution in [0.15, 0.2) is 35.5 Å². The average Bonchev–Trinajstić information content (AvgIpc) is 2.83. The van der Waals surface area contributed by atoms with Gasteiger partial charge in [0.1, 0.15) is 0 Å². The van der Waals surface area contributed by atoms with Crippen LogP contribution < -0.4 is 10.6 Å². The first kappa shape index (κ1) is 25.6. The summed E-state index contributed by atoms with van der Waals surface area (Å²) >= 11 is 0. The fourth-order valence-electron chi connectivity index (χ4n) is 4.47. The number of aryl methyl sites for hydroxylation is 1. The number of urea groups is 2. The second-order valence-electron chi connectivity index (χ2n) is 8.56. The normalized spacial score (nSPS) is 19.2. The summed E-state index contributed by atoms with van der Waals surface area (Å²) in [5.41, 5.74) is 3.01. The van der Waals surface area contributed by atoms with E-state index in [9.17, 15) is 14.4 Å². The second kappa shape index (κ2) is 11.9. The van der Waals surface area contributed by atoms with Crippen molar-refractivity contribution in [3.63, 3.8) is 0 Å². The lowest BCUT2D eigenvalue weighted by Crippen LogP contribution is -2.55. The van der Waals surface area contributed by atoms with Crippen molar-refractivity contribution in [1.29, 1.82) is 0 Å². The minimum atomic E-state index is -0.577. The van der Waals surface area contributed by atoms with Crippen molar-refractivity contribution in [2.45, 2.75) is 40.2 Å². The molecule has 1 fully saturated rings. The minimum Gasteiger partial charge on any atom is -0.463 e. The van der Waals surface area contributed by atoms with Gasteiger partial charge in [-0.1, -0.05) is 31.2 Å². The summed E-state index contributed by atoms with van der Waals surface area (Å²) in [5, 5.41) is 5.94. The molecular weight excluding hydrogens is 434 g/mol. The Hall–Kier alpha value is -3.07. The number of esters is 1. The number of carbonyl (C=O) groups is 3. The zero-order valence-electron chi connectivity index (χ0n) is 20.7. The Kier molecular flexibility index (Phi) is 8.92. The number of piperazine rings is 1. The van der Waals surface area contributed by atoms with Crippen LogP contribution in [0.1, 0.15) is 44.4 Å². The topological polar surface area (TPSA) is 94.2 Å². The SMILES string of the molecule is CCCNC(=O)N1CCN(CC2=C(C(=O)OCC)[C@H](c3ccccc3C)NC(=O)N2CC)CC1. The number of likely N-dealkylation sites (N-methyl/N-ethyl adjacent to an activating group) is 1. The molecule has 9 heteroatoms. The highest BCUT2D eigenvalue weighted by atomic mass is 16.5. The van der Waals surface area contributed by atoms with Crippen molar-refractivity contribution in [3.05, 3.63) is 46.7 Å².